The van der Waals surface area contributed by atoms with Gasteiger partial charge >= 0.3 is 0 Å². The van der Waals surface area contributed by atoms with Gasteiger partial charge in [-0.15, -0.1) is 0 Å². The summed E-state index contributed by atoms with van der Waals surface area (Å²) in [5.41, 5.74) is 10.1. The Morgan fingerprint density at radius 1 is 0.548 bits per heavy atom. The molecule has 3 aliphatic rings. The number of hydrogen-bond acceptors (Lipinski definition) is 4. The lowest BCUT2D eigenvalue weighted by atomic mass is 9.54. The highest BCUT2D eigenvalue weighted by atomic mass is 16.3. The van der Waals surface area contributed by atoms with Gasteiger partial charge in [-0.3, -0.25) is 4.57 Å². The summed E-state index contributed by atoms with van der Waals surface area (Å²) < 4.78 is 9.28. The number of allylic oxidation sites excluding steroid dienone is 4. The van der Waals surface area contributed by atoms with Gasteiger partial charge in [0.1, 0.15) is 22.8 Å². The number of aromatic nitrogens is 1. The number of nitrogens with one attached hydrogen (secondary N) is 1. The van der Waals surface area contributed by atoms with E-state index in [1.54, 1.807) is 0 Å². The average molecular weight is 797 g/mol. The van der Waals surface area contributed by atoms with Gasteiger partial charge in [0.15, 0.2) is 0 Å². The van der Waals surface area contributed by atoms with Crippen LogP contribution in [0.2, 0.25) is 0 Å². The Morgan fingerprint density at radius 3 is 2.16 bits per heavy atom. The molecule has 5 nitrogen and oxygen atoms in total. The van der Waals surface area contributed by atoms with Gasteiger partial charge in [-0.25, -0.2) is 9.98 Å². The number of amidine groups is 2. The van der Waals surface area contributed by atoms with Crippen molar-refractivity contribution in [3.8, 4) is 0 Å². The van der Waals surface area contributed by atoms with Crippen molar-refractivity contribution in [1.29, 1.82) is 0 Å². The van der Waals surface area contributed by atoms with Crippen LogP contribution in [0.5, 0.6) is 0 Å². The molecule has 0 bridgehead atoms. The van der Waals surface area contributed by atoms with Crippen LogP contribution in [0.15, 0.2) is 221 Å². The zero-order chi connectivity index (χ0) is 41.0. The molecule has 2 aromatic heterocycles. The van der Waals surface area contributed by atoms with E-state index in [4.69, 9.17) is 14.4 Å². The van der Waals surface area contributed by atoms with Crippen LogP contribution in [0.25, 0.3) is 54.5 Å². The second kappa shape index (κ2) is 13.1. The monoisotopic (exact) mass is 796 g/mol. The fraction of sp³-hybridized carbons (Fsp3) is 0.0877. The Hall–Kier alpha value is -7.76. The van der Waals surface area contributed by atoms with Crippen LogP contribution in [0.3, 0.4) is 0 Å². The van der Waals surface area contributed by atoms with Gasteiger partial charge in [0.2, 0.25) is 6.29 Å². The zero-order valence-electron chi connectivity index (χ0n) is 34.0. The van der Waals surface area contributed by atoms with Crippen LogP contribution in [-0.4, -0.2) is 16.2 Å². The fourth-order valence-corrected chi connectivity index (χ4v) is 11.3. The van der Waals surface area contributed by atoms with Crippen LogP contribution in [-0.2, 0) is 5.41 Å². The van der Waals surface area contributed by atoms with Crippen molar-refractivity contribution in [1.82, 2.24) is 9.88 Å². The molecule has 0 amide bonds. The Morgan fingerprint density at radius 2 is 1.26 bits per heavy atom. The summed E-state index contributed by atoms with van der Waals surface area (Å²) in [6.07, 6.45) is 8.73. The largest absolute Gasteiger partial charge is 0.456 e. The summed E-state index contributed by atoms with van der Waals surface area (Å²) in [7, 11) is 0. The maximum atomic E-state index is 6.96. The smallest absolute Gasteiger partial charge is 0.224 e. The van der Waals surface area contributed by atoms with E-state index < -0.39 is 11.7 Å². The third-order valence-corrected chi connectivity index (χ3v) is 14.0. The molecule has 0 fully saturated rings. The molecule has 294 valence electrons. The Bertz CT molecular complexity index is 3610. The Balaban J connectivity index is 1.08. The Labute approximate surface area is 358 Å². The van der Waals surface area contributed by atoms with Crippen LogP contribution >= 0.6 is 0 Å². The third kappa shape index (κ3) is 4.79. The van der Waals surface area contributed by atoms with Gasteiger partial charge in [-0.1, -0.05) is 183 Å². The SMILES string of the molecule is CC12C=CC=CC1c1ccccc1C2(c1ccc2c(c1)c1ccccc1n2C1N=C(c2ccccc2)NC(c2ccc3ccccc3c2)=N1)c1cccc2c1oc1ccccc12. The van der Waals surface area contributed by atoms with E-state index in [0.717, 1.165) is 66.5 Å². The molecule has 10 aromatic rings. The highest BCUT2D eigenvalue weighted by molar-refractivity contribution is 6.17. The quantitative estimate of drug-likeness (QED) is 0.189. The van der Waals surface area contributed by atoms with Crippen molar-refractivity contribution < 1.29 is 4.42 Å². The summed E-state index contributed by atoms with van der Waals surface area (Å²) >= 11 is 0. The summed E-state index contributed by atoms with van der Waals surface area (Å²) in [5.74, 6) is 1.73. The van der Waals surface area contributed by atoms with Gasteiger partial charge in [0.05, 0.1) is 16.4 Å². The molecule has 0 spiro atoms. The number of furan rings is 1. The van der Waals surface area contributed by atoms with Crippen molar-refractivity contribution >= 4 is 66.2 Å². The second-order valence-electron chi connectivity index (χ2n) is 17.1. The summed E-state index contributed by atoms with van der Waals surface area (Å²) in [6, 6.07) is 65.5. The molecule has 62 heavy (non-hydrogen) atoms. The Kier molecular flexibility index (Phi) is 7.41. The van der Waals surface area contributed by atoms with Crippen molar-refractivity contribution in [2.24, 2.45) is 15.4 Å². The minimum atomic E-state index is -0.616. The van der Waals surface area contributed by atoms with Gasteiger partial charge in [-0.05, 0) is 57.8 Å². The first-order chi connectivity index (χ1) is 30.6. The number of fused-ring (bicyclic) bond motifs is 10. The highest BCUT2D eigenvalue weighted by Crippen LogP contribution is 2.67. The van der Waals surface area contributed by atoms with Crippen molar-refractivity contribution in [3.63, 3.8) is 0 Å². The molecular weight excluding hydrogens is 757 g/mol. The first-order valence-electron chi connectivity index (χ1n) is 21.5. The third-order valence-electron chi connectivity index (χ3n) is 14.0. The van der Waals surface area contributed by atoms with E-state index in [1.165, 1.54) is 33.0 Å². The lowest BCUT2D eigenvalue weighted by Gasteiger charge is -2.47. The molecule has 2 aliphatic carbocycles. The lowest BCUT2D eigenvalue weighted by Crippen LogP contribution is -2.43. The summed E-state index contributed by atoms with van der Waals surface area (Å²) in [6.45, 7) is 2.45. The fourth-order valence-electron chi connectivity index (χ4n) is 11.3. The molecule has 1 N–H and O–H groups in total. The maximum Gasteiger partial charge on any atom is 0.224 e. The van der Waals surface area contributed by atoms with Gasteiger partial charge < -0.3 is 9.73 Å². The molecule has 0 radical (unpaired) electrons. The molecule has 4 atom stereocenters. The molecule has 0 saturated carbocycles. The van der Waals surface area contributed by atoms with Gasteiger partial charge in [0.25, 0.3) is 0 Å². The molecule has 0 saturated heterocycles. The van der Waals surface area contributed by atoms with Crippen LogP contribution in [0.4, 0.5) is 0 Å². The van der Waals surface area contributed by atoms with Gasteiger partial charge in [-0.2, -0.15) is 0 Å². The van der Waals surface area contributed by atoms with E-state index in [1.807, 2.05) is 6.07 Å². The number of benzene rings is 8. The van der Waals surface area contributed by atoms with Crippen LogP contribution in [0, 0.1) is 5.41 Å². The van der Waals surface area contributed by atoms with Crippen molar-refractivity contribution in [3.05, 3.63) is 240 Å². The van der Waals surface area contributed by atoms with Crippen LogP contribution in [0.1, 0.15) is 52.5 Å². The second-order valence-corrected chi connectivity index (χ2v) is 17.1. The molecule has 13 rings (SSSR count). The number of nitrogens with zero attached hydrogens (tertiary/aromatic N) is 3. The van der Waals surface area contributed by atoms with Gasteiger partial charge in [0, 0.05) is 49.6 Å². The predicted molar refractivity (Wildman–Crippen MR) is 254 cm³/mol. The zero-order valence-corrected chi connectivity index (χ0v) is 34.0. The number of para-hydroxylation sites is 3. The van der Waals surface area contributed by atoms with Crippen molar-refractivity contribution in [2.45, 2.75) is 24.5 Å². The first-order valence-corrected chi connectivity index (χ1v) is 21.5. The molecule has 4 unspecified atom stereocenters. The highest BCUT2D eigenvalue weighted by Gasteiger charge is 2.61. The molecule has 5 heteroatoms. The summed E-state index contributed by atoms with van der Waals surface area (Å²) in [5, 5.41) is 10.6. The van der Waals surface area contributed by atoms with Crippen LogP contribution < -0.4 is 5.32 Å². The lowest BCUT2D eigenvalue weighted by molar-refractivity contribution is 0.289. The predicted octanol–water partition coefficient (Wildman–Crippen LogP) is 13.4. The minimum absolute atomic E-state index is 0.156. The first kappa shape index (κ1) is 35.0. The normalized spacial score (nSPS) is 21.6. The number of aliphatic imine (C=N–C) groups is 2. The topological polar surface area (TPSA) is 54.8 Å². The molecule has 8 aromatic carbocycles. The standard InChI is InChI=1S/C57H40N4O/c1-56-33-14-13-24-46(56)44-22-7-10-25-47(44)57(56,48-26-15-23-43-42-21-9-12-28-51(42)62-52(43)48)40-31-32-50-45(35-40)41-20-8-11-27-49(41)61(50)55-59-53(37-17-3-2-4-18-37)58-54(60-55)39-30-29-36-16-5-6-19-38(36)34-39/h2-35,46,55H,1H3,(H,58,59,60). The maximum absolute atomic E-state index is 6.96. The molecule has 1 aliphatic heterocycles. The van der Waals surface area contributed by atoms with E-state index in [9.17, 15) is 0 Å². The molecular formula is C57H40N4O. The van der Waals surface area contributed by atoms with E-state index in [2.05, 4.69) is 217 Å². The van der Waals surface area contributed by atoms with E-state index in [0.29, 0.717) is 0 Å². The van der Waals surface area contributed by atoms with Crippen molar-refractivity contribution in [2.75, 3.05) is 0 Å². The number of rotatable bonds is 5. The minimum Gasteiger partial charge on any atom is -0.456 e. The van der Waals surface area contributed by atoms with E-state index >= 15 is 0 Å². The van der Waals surface area contributed by atoms with E-state index in [-0.39, 0.29) is 11.3 Å². The summed E-state index contributed by atoms with van der Waals surface area (Å²) in [4.78, 5) is 10.8. The molecule has 3 heterocycles. The average Bonchev–Trinajstić information content (AvgIpc) is 3.96. The number of hydrogen-bond donors (Lipinski definition) is 1.